The Morgan fingerprint density at radius 3 is 2.00 bits per heavy atom. The molecule has 2 nitrogen and oxygen atoms in total. The van der Waals surface area contributed by atoms with Gasteiger partial charge in [0.2, 0.25) is 0 Å². The molecule has 1 unspecified atom stereocenters. The zero-order valence-electron chi connectivity index (χ0n) is 25.9. The minimum atomic E-state index is 0.367. The summed E-state index contributed by atoms with van der Waals surface area (Å²) in [7, 11) is 2.26. The molecule has 2 heteroatoms. The Labute approximate surface area is 270 Å². The maximum absolute atomic E-state index is 2.46. The van der Waals surface area contributed by atoms with Crippen LogP contribution in [0.25, 0.3) is 46.1 Å². The molecule has 1 aliphatic heterocycles. The minimum absolute atomic E-state index is 0.367. The molecule has 1 aromatic heterocycles. The number of hydrogen-bond acceptors (Lipinski definition) is 1. The lowest BCUT2D eigenvalue weighted by atomic mass is 9.81. The molecule has 220 valence electrons. The second-order valence-corrected chi connectivity index (χ2v) is 12.6. The molecular formula is C44H34N2. The van der Waals surface area contributed by atoms with Crippen molar-refractivity contribution in [2.24, 2.45) is 7.05 Å². The van der Waals surface area contributed by atoms with Crippen molar-refractivity contribution in [3.63, 3.8) is 0 Å². The number of aryl methyl sites for hydroxylation is 1. The Kier molecular flexibility index (Phi) is 6.28. The normalized spacial score (nSPS) is 15.8. The fraction of sp³-hybridized carbons (Fsp3) is 0.0909. The summed E-state index contributed by atoms with van der Waals surface area (Å²) < 4.78 is 2.46. The third-order valence-electron chi connectivity index (χ3n) is 9.98. The molecule has 0 saturated carbocycles. The molecule has 2 aliphatic rings. The van der Waals surface area contributed by atoms with Crippen LogP contribution in [0.5, 0.6) is 0 Å². The molecule has 46 heavy (non-hydrogen) atoms. The van der Waals surface area contributed by atoms with Crippen molar-refractivity contribution in [3.05, 3.63) is 172 Å². The van der Waals surface area contributed by atoms with E-state index in [2.05, 4.69) is 174 Å². The lowest BCUT2D eigenvalue weighted by Gasteiger charge is -2.27. The number of fused-ring (bicyclic) bond motifs is 9. The van der Waals surface area contributed by atoms with Crippen molar-refractivity contribution in [3.8, 4) is 0 Å². The molecular weight excluding hydrogens is 556 g/mol. The van der Waals surface area contributed by atoms with E-state index in [9.17, 15) is 0 Å². The molecule has 6 aromatic carbocycles. The molecule has 0 amide bonds. The summed E-state index contributed by atoms with van der Waals surface area (Å²) in [5, 5.41) is 2.59. The summed E-state index contributed by atoms with van der Waals surface area (Å²) in [5.74, 6) is 0.367. The second-order valence-electron chi connectivity index (χ2n) is 12.6. The maximum Gasteiger partial charge on any atom is 0.0583 e. The summed E-state index contributed by atoms with van der Waals surface area (Å²) in [5.41, 5.74) is 15.4. The van der Waals surface area contributed by atoms with Crippen LogP contribution in [0, 0.1) is 0 Å². The van der Waals surface area contributed by atoms with Crippen molar-refractivity contribution in [1.82, 2.24) is 4.57 Å². The van der Waals surface area contributed by atoms with Gasteiger partial charge < -0.3 is 9.47 Å². The van der Waals surface area contributed by atoms with E-state index < -0.39 is 0 Å². The molecule has 0 N–H and O–H groups in total. The van der Waals surface area contributed by atoms with Gasteiger partial charge in [-0.2, -0.15) is 0 Å². The van der Waals surface area contributed by atoms with Gasteiger partial charge in [0.1, 0.15) is 0 Å². The first-order chi connectivity index (χ1) is 22.7. The van der Waals surface area contributed by atoms with Crippen LogP contribution in [-0.2, 0) is 19.9 Å². The standard InChI is InChI=1S/C44H34N2/c1-45-43-37-22-20-31-14-8-9-16-33(31)29-34(28-30-12-4-2-5-13-30)36(37)24-25-38(43)39-26-27-42-40(44(39)45)23-21-32-15-10-11-19-41(32)46(42)35-17-6-3-7-18-35/h2-27,34H,28-29H2,1H3/b22-20-. The highest BCUT2D eigenvalue weighted by atomic mass is 15.1. The molecule has 9 rings (SSSR count). The number of para-hydroxylation sites is 2. The largest absolute Gasteiger partial charge is 0.343 e. The molecule has 1 atom stereocenters. The smallest absolute Gasteiger partial charge is 0.0583 e. The van der Waals surface area contributed by atoms with Crippen LogP contribution in [0.2, 0.25) is 0 Å². The van der Waals surface area contributed by atoms with Crippen LogP contribution in [0.15, 0.2) is 133 Å². The van der Waals surface area contributed by atoms with Gasteiger partial charge in [0.15, 0.2) is 0 Å². The fourth-order valence-corrected chi connectivity index (χ4v) is 7.88. The number of anilines is 3. The van der Waals surface area contributed by atoms with E-state index in [0.717, 1.165) is 18.5 Å². The van der Waals surface area contributed by atoms with Crippen LogP contribution in [-0.4, -0.2) is 4.57 Å². The predicted octanol–water partition coefficient (Wildman–Crippen LogP) is 11.3. The molecule has 0 saturated heterocycles. The minimum Gasteiger partial charge on any atom is -0.343 e. The molecule has 7 aromatic rings. The Bertz CT molecular complexity index is 2320. The van der Waals surface area contributed by atoms with Crippen LogP contribution < -0.4 is 4.90 Å². The van der Waals surface area contributed by atoms with Crippen molar-refractivity contribution in [2.75, 3.05) is 4.90 Å². The number of hydrogen-bond donors (Lipinski definition) is 0. The van der Waals surface area contributed by atoms with Crippen LogP contribution in [0.4, 0.5) is 17.1 Å². The second kappa shape index (κ2) is 10.8. The topological polar surface area (TPSA) is 8.17 Å². The van der Waals surface area contributed by atoms with Crippen molar-refractivity contribution >= 4 is 63.2 Å². The average Bonchev–Trinajstić information content (AvgIpc) is 3.28. The fourth-order valence-electron chi connectivity index (χ4n) is 7.88. The van der Waals surface area contributed by atoms with Gasteiger partial charge in [-0.1, -0.05) is 133 Å². The summed E-state index contributed by atoms with van der Waals surface area (Å²) in [6.45, 7) is 0. The van der Waals surface area contributed by atoms with Gasteiger partial charge in [-0.05, 0) is 70.8 Å². The molecule has 1 aliphatic carbocycles. The molecule has 2 heterocycles. The maximum atomic E-state index is 2.46. The summed E-state index contributed by atoms with van der Waals surface area (Å²) >= 11 is 0. The Morgan fingerprint density at radius 1 is 0.543 bits per heavy atom. The SMILES string of the molecule is Cn1c2c3c(ccc2c2ccc4c(c21)/C=C\c1ccccc1CC4Cc1ccccc1)N(c1ccccc1)c1ccccc1C=C3. The van der Waals surface area contributed by atoms with Gasteiger partial charge in [0, 0.05) is 34.6 Å². The summed E-state index contributed by atoms with van der Waals surface area (Å²) in [4.78, 5) is 2.42. The van der Waals surface area contributed by atoms with Gasteiger partial charge in [-0.25, -0.2) is 0 Å². The van der Waals surface area contributed by atoms with Gasteiger partial charge in [0.25, 0.3) is 0 Å². The first kappa shape index (κ1) is 26.8. The third-order valence-corrected chi connectivity index (χ3v) is 9.98. The van der Waals surface area contributed by atoms with Gasteiger partial charge >= 0.3 is 0 Å². The zero-order chi connectivity index (χ0) is 30.6. The number of benzene rings is 6. The predicted molar refractivity (Wildman–Crippen MR) is 196 cm³/mol. The highest BCUT2D eigenvalue weighted by Crippen LogP contribution is 2.47. The van der Waals surface area contributed by atoms with E-state index in [-0.39, 0.29) is 0 Å². The summed E-state index contributed by atoms with van der Waals surface area (Å²) in [6.07, 6.45) is 11.3. The summed E-state index contributed by atoms with van der Waals surface area (Å²) in [6, 6.07) is 48.8. The van der Waals surface area contributed by atoms with E-state index in [1.54, 1.807) is 0 Å². The van der Waals surface area contributed by atoms with E-state index in [4.69, 9.17) is 0 Å². The number of aromatic nitrogens is 1. The first-order valence-electron chi connectivity index (χ1n) is 16.2. The molecule has 0 fully saturated rings. The van der Waals surface area contributed by atoms with Crippen molar-refractivity contribution < 1.29 is 0 Å². The van der Waals surface area contributed by atoms with Crippen LogP contribution in [0.3, 0.4) is 0 Å². The first-order valence-corrected chi connectivity index (χ1v) is 16.2. The quantitative estimate of drug-likeness (QED) is 0.199. The van der Waals surface area contributed by atoms with E-state index in [0.29, 0.717) is 5.92 Å². The van der Waals surface area contributed by atoms with E-state index in [1.165, 1.54) is 72.1 Å². The third kappa shape index (κ3) is 4.25. The highest BCUT2D eigenvalue weighted by molar-refractivity contribution is 6.16. The van der Waals surface area contributed by atoms with E-state index >= 15 is 0 Å². The van der Waals surface area contributed by atoms with Crippen LogP contribution in [0.1, 0.15) is 44.9 Å². The number of nitrogens with zero attached hydrogens (tertiary/aromatic N) is 2. The van der Waals surface area contributed by atoms with Gasteiger partial charge in [-0.15, -0.1) is 0 Å². The Balaban J connectivity index is 1.31. The highest BCUT2D eigenvalue weighted by Gasteiger charge is 2.26. The lowest BCUT2D eigenvalue weighted by Crippen LogP contribution is -2.12. The van der Waals surface area contributed by atoms with Gasteiger partial charge in [0.05, 0.1) is 22.4 Å². The molecule has 0 spiro atoms. The molecule has 0 radical (unpaired) electrons. The van der Waals surface area contributed by atoms with Crippen molar-refractivity contribution in [1.29, 1.82) is 0 Å². The van der Waals surface area contributed by atoms with Crippen molar-refractivity contribution in [2.45, 2.75) is 18.8 Å². The Morgan fingerprint density at radius 2 is 1.17 bits per heavy atom. The molecule has 0 bridgehead atoms. The Hall–Kier alpha value is -5.60. The average molecular weight is 591 g/mol. The van der Waals surface area contributed by atoms with Crippen LogP contribution >= 0.6 is 0 Å². The zero-order valence-corrected chi connectivity index (χ0v) is 25.9. The van der Waals surface area contributed by atoms with Gasteiger partial charge in [-0.3, -0.25) is 0 Å². The monoisotopic (exact) mass is 590 g/mol. The lowest BCUT2D eigenvalue weighted by molar-refractivity contribution is 0.678. The number of rotatable bonds is 3. The van der Waals surface area contributed by atoms with E-state index in [1.807, 2.05) is 0 Å².